The SMILES string of the molecule is C=CCCC(C)C(=O)c1cc(OC(F)(F)F)ccc1O. The second-order valence-corrected chi connectivity index (χ2v) is 4.36. The molecule has 0 aromatic heterocycles. The van der Waals surface area contributed by atoms with Crippen LogP contribution in [0.25, 0.3) is 0 Å². The highest BCUT2D eigenvalue weighted by Crippen LogP contribution is 2.29. The van der Waals surface area contributed by atoms with Crippen molar-refractivity contribution in [1.82, 2.24) is 0 Å². The molecule has 0 spiro atoms. The van der Waals surface area contributed by atoms with Crippen LogP contribution >= 0.6 is 0 Å². The van der Waals surface area contributed by atoms with Crippen molar-refractivity contribution >= 4 is 5.78 Å². The number of hydrogen-bond donors (Lipinski definition) is 1. The van der Waals surface area contributed by atoms with Gasteiger partial charge in [-0.2, -0.15) is 0 Å². The first-order valence-corrected chi connectivity index (χ1v) is 5.98. The van der Waals surface area contributed by atoms with Crippen molar-refractivity contribution < 1.29 is 27.8 Å². The first-order chi connectivity index (χ1) is 9.24. The zero-order valence-electron chi connectivity index (χ0n) is 10.9. The average molecular weight is 288 g/mol. The normalized spacial score (nSPS) is 12.8. The quantitative estimate of drug-likeness (QED) is 0.634. The molecule has 0 saturated carbocycles. The molecule has 20 heavy (non-hydrogen) atoms. The van der Waals surface area contributed by atoms with Gasteiger partial charge in [-0.05, 0) is 31.0 Å². The van der Waals surface area contributed by atoms with E-state index in [1.807, 2.05) is 0 Å². The molecule has 0 aliphatic rings. The van der Waals surface area contributed by atoms with Crippen LogP contribution in [-0.2, 0) is 0 Å². The number of hydrogen-bond acceptors (Lipinski definition) is 3. The van der Waals surface area contributed by atoms with Gasteiger partial charge >= 0.3 is 6.36 Å². The lowest BCUT2D eigenvalue weighted by atomic mass is 9.94. The maximum Gasteiger partial charge on any atom is 0.573 e. The van der Waals surface area contributed by atoms with Crippen LogP contribution < -0.4 is 4.74 Å². The van der Waals surface area contributed by atoms with E-state index in [4.69, 9.17) is 0 Å². The van der Waals surface area contributed by atoms with Gasteiger partial charge in [-0.25, -0.2) is 0 Å². The second-order valence-electron chi connectivity index (χ2n) is 4.36. The number of rotatable bonds is 6. The van der Waals surface area contributed by atoms with Crippen LogP contribution in [0.15, 0.2) is 30.9 Å². The Labute approximate surface area is 114 Å². The summed E-state index contributed by atoms with van der Waals surface area (Å²) in [6.45, 7) is 5.17. The maximum absolute atomic E-state index is 12.1. The Balaban J connectivity index is 2.96. The van der Waals surface area contributed by atoms with Gasteiger partial charge in [0.2, 0.25) is 0 Å². The molecule has 0 saturated heterocycles. The molecule has 1 N–H and O–H groups in total. The molecule has 1 unspecified atom stereocenters. The smallest absolute Gasteiger partial charge is 0.507 e. The molecule has 3 nitrogen and oxygen atoms in total. The van der Waals surface area contributed by atoms with Crippen molar-refractivity contribution in [2.24, 2.45) is 5.92 Å². The molecule has 0 aliphatic carbocycles. The molecule has 0 bridgehead atoms. The van der Waals surface area contributed by atoms with E-state index >= 15 is 0 Å². The summed E-state index contributed by atoms with van der Waals surface area (Å²) >= 11 is 0. The fraction of sp³-hybridized carbons (Fsp3) is 0.357. The van der Waals surface area contributed by atoms with Gasteiger partial charge < -0.3 is 9.84 Å². The summed E-state index contributed by atoms with van der Waals surface area (Å²) in [6, 6.07) is 2.86. The van der Waals surface area contributed by atoms with Gasteiger partial charge in [0.1, 0.15) is 11.5 Å². The lowest BCUT2D eigenvalue weighted by molar-refractivity contribution is -0.274. The number of phenolic OH excluding ortho intramolecular Hbond substituents is 1. The summed E-state index contributed by atoms with van der Waals surface area (Å²) in [6.07, 6.45) is -2.09. The molecule has 0 radical (unpaired) electrons. The highest BCUT2D eigenvalue weighted by atomic mass is 19.4. The number of ketones is 1. The van der Waals surface area contributed by atoms with Gasteiger partial charge in [-0.15, -0.1) is 19.8 Å². The predicted octanol–water partition coefficient (Wildman–Crippen LogP) is 4.08. The number of halogens is 3. The molecule has 0 heterocycles. The lowest BCUT2D eigenvalue weighted by Gasteiger charge is -2.13. The second kappa shape index (κ2) is 6.45. The van der Waals surface area contributed by atoms with Crippen LogP contribution in [0.2, 0.25) is 0 Å². The average Bonchev–Trinajstić information content (AvgIpc) is 2.35. The van der Waals surface area contributed by atoms with Crippen molar-refractivity contribution in [3.63, 3.8) is 0 Å². The first-order valence-electron chi connectivity index (χ1n) is 5.98. The van der Waals surface area contributed by atoms with Crippen LogP contribution in [0.1, 0.15) is 30.1 Å². The molecule has 1 atom stereocenters. The molecule has 1 aromatic rings. The molecule has 1 rings (SSSR count). The highest BCUT2D eigenvalue weighted by Gasteiger charge is 2.31. The standard InChI is InChI=1S/C14H15F3O3/c1-3-4-5-9(2)13(19)11-8-10(6-7-12(11)18)20-14(15,16)17/h3,6-9,18H,1,4-5H2,2H3. The molecular weight excluding hydrogens is 273 g/mol. The predicted molar refractivity (Wildman–Crippen MR) is 67.7 cm³/mol. The van der Waals surface area contributed by atoms with E-state index in [2.05, 4.69) is 11.3 Å². The Morgan fingerprint density at radius 3 is 2.70 bits per heavy atom. The number of benzene rings is 1. The van der Waals surface area contributed by atoms with Crippen molar-refractivity contribution in [2.45, 2.75) is 26.1 Å². The topological polar surface area (TPSA) is 46.5 Å². The van der Waals surface area contributed by atoms with E-state index < -0.39 is 23.8 Å². The van der Waals surface area contributed by atoms with Crippen LogP contribution in [0, 0.1) is 5.92 Å². The van der Waals surface area contributed by atoms with Crippen molar-refractivity contribution in [3.05, 3.63) is 36.4 Å². The van der Waals surface area contributed by atoms with Gasteiger partial charge in [-0.1, -0.05) is 13.0 Å². The molecule has 1 aromatic carbocycles. The summed E-state index contributed by atoms with van der Waals surface area (Å²) in [5, 5.41) is 9.60. The summed E-state index contributed by atoms with van der Waals surface area (Å²) in [7, 11) is 0. The van der Waals surface area contributed by atoms with Gasteiger partial charge in [0.15, 0.2) is 5.78 Å². The summed E-state index contributed by atoms with van der Waals surface area (Å²) in [4.78, 5) is 12.1. The molecule has 6 heteroatoms. The Kier molecular flexibility index (Phi) is 5.19. The summed E-state index contributed by atoms with van der Waals surface area (Å²) in [5.41, 5.74) is -0.177. The third kappa shape index (κ3) is 4.60. The number of Topliss-reactive ketones (excluding diaryl/α,β-unsaturated/α-hetero) is 1. The zero-order valence-corrected chi connectivity index (χ0v) is 10.9. The number of carbonyl (C=O) groups excluding carboxylic acids is 1. The number of ether oxygens (including phenoxy) is 1. The molecule has 0 fully saturated rings. The maximum atomic E-state index is 12.1. The van der Waals surface area contributed by atoms with E-state index in [1.165, 1.54) is 0 Å². The number of allylic oxidation sites excluding steroid dienone is 1. The van der Waals surface area contributed by atoms with E-state index in [0.29, 0.717) is 12.8 Å². The number of alkyl halides is 3. The number of aromatic hydroxyl groups is 1. The van der Waals surface area contributed by atoms with Crippen molar-refractivity contribution in [2.75, 3.05) is 0 Å². The van der Waals surface area contributed by atoms with Gasteiger partial charge in [0.25, 0.3) is 0 Å². The van der Waals surface area contributed by atoms with Crippen molar-refractivity contribution in [3.8, 4) is 11.5 Å². The van der Waals surface area contributed by atoms with Crippen LogP contribution in [0.4, 0.5) is 13.2 Å². The minimum absolute atomic E-state index is 0.177. The first kappa shape index (κ1) is 16.1. The monoisotopic (exact) mass is 288 g/mol. The molecular formula is C14H15F3O3. The van der Waals surface area contributed by atoms with E-state index in [0.717, 1.165) is 18.2 Å². The van der Waals surface area contributed by atoms with E-state index in [1.54, 1.807) is 13.0 Å². The van der Waals surface area contributed by atoms with Gasteiger partial charge in [0, 0.05) is 5.92 Å². The lowest BCUT2D eigenvalue weighted by Crippen LogP contribution is -2.18. The number of phenols is 1. The minimum Gasteiger partial charge on any atom is -0.507 e. The third-order valence-corrected chi connectivity index (χ3v) is 2.72. The third-order valence-electron chi connectivity index (χ3n) is 2.72. The number of carbonyl (C=O) groups is 1. The van der Waals surface area contributed by atoms with Crippen LogP contribution in [0.5, 0.6) is 11.5 Å². The van der Waals surface area contributed by atoms with Crippen LogP contribution in [0.3, 0.4) is 0 Å². The van der Waals surface area contributed by atoms with E-state index in [9.17, 15) is 23.1 Å². The summed E-state index contributed by atoms with van der Waals surface area (Å²) in [5.74, 6) is -1.76. The summed E-state index contributed by atoms with van der Waals surface area (Å²) < 4.78 is 40.1. The fourth-order valence-electron chi connectivity index (χ4n) is 1.67. The van der Waals surface area contributed by atoms with E-state index in [-0.39, 0.29) is 11.3 Å². The van der Waals surface area contributed by atoms with Crippen LogP contribution in [-0.4, -0.2) is 17.3 Å². The Bertz CT molecular complexity index is 495. The van der Waals surface area contributed by atoms with Gasteiger partial charge in [0.05, 0.1) is 5.56 Å². The fourth-order valence-corrected chi connectivity index (χ4v) is 1.67. The Morgan fingerprint density at radius 1 is 1.50 bits per heavy atom. The Hall–Kier alpha value is -1.98. The van der Waals surface area contributed by atoms with Crippen molar-refractivity contribution in [1.29, 1.82) is 0 Å². The molecule has 110 valence electrons. The zero-order chi connectivity index (χ0) is 15.3. The van der Waals surface area contributed by atoms with Gasteiger partial charge in [-0.3, -0.25) is 4.79 Å². The Morgan fingerprint density at radius 2 is 2.15 bits per heavy atom. The highest BCUT2D eigenvalue weighted by molar-refractivity contribution is 6.00. The molecule has 0 amide bonds. The minimum atomic E-state index is -4.84. The molecule has 0 aliphatic heterocycles. The largest absolute Gasteiger partial charge is 0.573 e.